The van der Waals surface area contributed by atoms with Crippen molar-refractivity contribution in [3.05, 3.63) is 70.3 Å². The van der Waals surface area contributed by atoms with Crippen LogP contribution in [0.25, 0.3) is 0 Å². The van der Waals surface area contributed by atoms with Gasteiger partial charge in [-0.25, -0.2) is 0 Å². The molecular weight excluding hydrogens is 584 g/mol. The molecule has 0 spiro atoms. The van der Waals surface area contributed by atoms with Gasteiger partial charge in [-0.15, -0.1) is 5.54 Å². The van der Waals surface area contributed by atoms with Gasteiger partial charge in [-0.2, -0.15) is 0 Å². The van der Waals surface area contributed by atoms with Crippen LogP contribution in [-0.4, -0.2) is 68.1 Å². The van der Waals surface area contributed by atoms with Crippen LogP contribution in [-0.2, 0) is 55.1 Å². The van der Waals surface area contributed by atoms with Gasteiger partial charge in [0.15, 0.2) is 12.2 Å². The fourth-order valence-electron chi connectivity index (χ4n) is 4.78. The Kier molecular flexibility index (Phi) is 11.1. The molecule has 44 heavy (non-hydrogen) atoms. The van der Waals surface area contributed by atoms with Crippen LogP contribution in [0.1, 0.15) is 55.5 Å². The van der Waals surface area contributed by atoms with E-state index >= 15 is 0 Å². The average molecular weight is 625 g/mol. The molecule has 0 aromatic heterocycles. The Bertz CT molecular complexity index is 1450. The van der Waals surface area contributed by atoms with E-state index in [4.69, 9.17) is 23.7 Å². The first-order valence-electron chi connectivity index (χ1n) is 14.3. The van der Waals surface area contributed by atoms with Crippen molar-refractivity contribution in [1.82, 2.24) is 0 Å². The van der Waals surface area contributed by atoms with Crippen LogP contribution in [0.2, 0.25) is 19.6 Å². The maximum atomic E-state index is 12.3. The van der Waals surface area contributed by atoms with Gasteiger partial charge in [0.05, 0.1) is 0 Å². The molecule has 0 bridgehead atoms. The molecule has 5 atom stereocenters. The summed E-state index contributed by atoms with van der Waals surface area (Å²) in [6.07, 6.45) is -5.34. The number of rotatable bonds is 8. The second-order valence-corrected chi connectivity index (χ2v) is 16.6. The zero-order valence-corrected chi connectivity index (χ0v) is 27.4. The van der Waals surface area contributed by atoms with Crippen molar-refractivity contribution in [2.75, 3.05) is 6.61 Å². The highest BCUT2D eigenvalue weighted by molar-refractivity contribution is 6.83. The highest BCUT2D eigenvalue weighted by atomic mass is 28.3. The Morgan fingerprint density at radius 3 is 2.00 bits per heavy atom. The molecule has 0 amide bonds. The molecule has 0 unspecified atom stereocenters. The van der Waals surface area contributed by atoms with Gasteiger partial charge in [-0.3, -0.25) is 19.2 Å². The van der Waals surface area contributed by atoms with Gasteiger partial charge >= 0.3 is 23.9 Å². The van der Waals surface area contributed by atoms with Crippen LogP contribution in [0.4, 0.5) is 0 Å². The lowest BCUT2D eigenvalue weighted by atomic mass is 9.85. The van der Waals surface area contributed by atoms with Crippen molar-refractivity contribution in [1.29, 1.82) is 0 Å². The minimum atomic E-state index is -2.40. The number of aliphatic hydroxyl groups is 1. The van der Waals surface area contributed by atoms with E-state index in [-0.39, 0.29) is 5.56 Å². The van der Waals surface area contributed by atoms with E-state index < -0.39 is 68.8 Å². The number of carbonyl (C=O) groups is 4. The first-order chi connectivity index (χ1) is 20.5. The minimum absolute atomic E-state index is 0.188. The second-order valence-electron chi connectivity index (χ2n) is 11.8. The molecule has 10 nitrogen and oxygen atoms in total. The Balaban J connectivity index is 2.08. The third kappa shape index (κ3) is 9.26. The summed E-state index contributed by atoms with van der Waals surface area (Å²) in [6, 6.07) is 13.0. The lowest BCUT2D eigenvalue weighted by Crippen LogP contribution is -2.66. The van der Waals surface area contributed by atoms with Crippen LogP contribution >= 0.6 is 0 Å². The van der Waals surface area contributed by atoms with Gasteiger partial charge in [0, 0.05) is 38.8 Å². The summed E-state index contributed by atoms with van der Waals surface area (Å²) in [7, 11) is -1.52. The third-order valence-electron chi connectivity index (χ3n) is 6.75. The van der Waals surface area contributed by atoms with Crippen molar-refractivity contribution in [2.24, 2.45) is 0 Å². The second kappa shape index (κ2) is 14.2. The van der Waals surface area contributed by atoms with E-state index in [0.29, 0.717) is 6.42 Å². The summed E-state index contributed by atoms with van der Waals surface area (Å²) >= 11 is 0. The van der Waals surface area contributed by atoms with Gasteiger partial charge in [0.1, 0.15) is 20.8 Å². The molecule has 2 aromatic rings. The summed E-state index contributed by atoms with van der Waals surface area (Å²) in [4.78, 5) is 48.2. The van der Waals surface area contributed by atoms with Crippen LogP contribution in [0, 0.1) is 18.4 Å². The van der Waals surface area contributed by atoms with Crippen molar-refractivity contribution in [3.8, 4) is 11.5 Å². The summed E-state index contributed by atoms with van der Waals surface area (Å²) in [5, 5.41) is 12.2. The number of hydrogen-bond acceptors (Lipinski definition) is 10. The number of benzene rings is 2. The van der Waals surface area contributed by atoms with Gasteiger partial charge < -0.3 is 28.8 Å². The van der Waals surface area contributed by atoms with E-state index in [1.807, 2.05) is 31.2 Å². The van der Waals surface area contributed by atoms with E-state index in [9.17, 15) is 24.3 Å². The van der Waals surface area contributed by atoms with E-state index in [0.717, 1.165) is 43.0 Å². The zero-order valence-electron chi connectivity index (χ0n) is 26.4. The van der Waals surface area contributed by atoms with Gasteiger partial charge in [-0.1, -0.05) is 49.8 Å². The molecule has 2 aromatic carbocycles. The van der Waals surface area contributed by atoms with Crippen molar-refractivity contribution in [2.45, 2.75) is 90.9 Å². The normalized spacial score (nSPS) is 23.0. The fourth-order valence-corrected chi connectivity index (χ4v) is 5.30. The molecule has 0 saturated carbocycles. The van der Waals surface area contributed by atoms with Crippen molar-refractivity contribution >= 4 is 32.0 Å². The lowest BCUT2D eigenvalue weighted by Gasteiger charge is -2.48. The van der Waals surface area contributed by atoms with Crippen LogP contribution in [0.3, 0.4) is 0 Å². The van der Waals surface area contributed by atoms with Crippen molar-refractivity contribution in [3.63, 3.8) is 0 Å². The predicted molar refractivity (Wildman–Crippen MR) is 163 cm³/mol. The van der Waals surface area contributed by atoms with Gasteiger partial charge in [-0.05, 0) is 48.2 Å². The molecule has 0 radical (unpaired) electrons. The fraction of sp³-hybridized carbons (Fsp3) is 0.455. The smallest absolute Gasteiger partial charge is 0.303 e. The summed E-state index contributed by atoms with van der Waals surface area (Å²) < 4.78 is 27.6. The number of carbonyl (C=O) groups excluding carboxylic acids is 4. The SMILES string of the molecule is CC(=O)OC[C@H]1O[C@](O)(c2ccc(C)c(Cc3ccc(C#C[Si](C)(C)C)cc3)c2)[C@H](OC(C)=O)[C@@H](OC(C)=O)[C@@H]1OC(C)=O. The molecule has 1 aliphatic heterocycles. The van der Waals surface area contributed by atoms with E-state index in [1.54, 1.807) is 18.2 Å². The van der Waals surface area contributed by atoms with Gasteiger partial charge in [0.25, 0.3) is 0 Å². The van der Waals surface area contributed by atoms with Crippen LogP contribution < -0.4 is 0 Å². The Labute approximate surface area is 259 Å². The molecule has 1 aliphatic rings. The molecule has 3 rings (SSSR count). The molecule has 1 N–H and O–H groups in total. The highest BCUT2D eigenvalue weighted by Crippen LogP contribution is 2.41. The predicted octanol–water partition coefficient (Wildman–Crippen LogP) is 3.72. The minimum Gasteiger partial charge on any atom is -0.463 e. The monoisotopic (exact) mass is 624 g/mol. The highest BCUT2D eigenvalue weighted by Gasteiger charge is 2.60. The zero-order chi connectivity index (χ0) is 32.8. The quantitative estimate of drug-likeness (QED) is 0.200. The molecule has 1 fully saturated rings. The first kappa shape index (κ1) is 34.5. The molecule has 0 aliphatic carbocycles. The Morgan fingerprint density at radius 1 is 0.864 bits per heavy atom. The molecule has 236 valence electrons. The Morgan fingerprint density at radius 2 is 1.45 bits per heavy atom. The topological polar surface area (TPSA) is 135 Å². The molecule has 1 saturated heterocycles. The number of hydrogen-bond donors (Lipinski definition) is 1. The van der Waals surface area contributed by atoms with Crippen LogP contribution in [0.15, 0.2) is 42.5 Å². The van der Waals surface area contributed by atoms with Gasteiger partial charge in [0.2, 0.25) is 11.9 Å². The maximum absolute atomic E-state index is 12.3. The third-order valence-corrected chi connectivity index (χ3v) is 7.62. The van der Waals surface area contributed by atoms with E-state index in [2.05, 4.69) is 31.1 Å². The summed E-state index contributed by atoms with van der Waals surface area (Å²) in [6.45, 7) is 12.6. The Hall–Kier alpha value is -3.98. The van der Waals surface area contributed by atoms with E-state index in [1.165, 1.54) is 6.92 Å². The number of aryl methyl sites for hydroxylation is 1. The number of ether oxygens (including phenoxy) is 5. The molecule has 11 heteroatoms. The first-order valence-corrected chi connectivity index (χ1v) is 17.8. The standard InChI is InChI=1S/C33H40O10Si/c1-20-9-14-28(18-27(20)17-26-12-10-25(11-13-26)15-16-44(6,7)8)33(38)32(42-24(5)37)31(41-23(4)36)30(40-22(3)35)29(43-33)19-39-21(2)34/h9-14,18,29-32,38H,17,19H2,1-8H3/t29-,30-,31+,32-,33-/m1/s1. The van der Waals surface area contributed by atoms with Crippen LogP contribution in [0.5, 0.6) is 0 Å². The lowest BCUT2D eigenvalue weighted by molar-refractivity contribution is -0.360. The largest absolute Gasteiger partial charge is 0.463 e. The maximum Gasteiger partial charge on any atom is 0.303 e. The summed E-state index contributed by atoms with van der Waals surface area (Å²) in [5.41, 5.74) is 7.22. The summed E-state index contributed by atoms with van der Waals surface area (Å²) in [5.74, 6) is -2.16. The number of esters is 4. The van der Waals surface area contributed by atoms with Crippen molar-refractivity contribution < 1.29 is 48.0 Å². The average Bonchev–Trinajstić information content (AvgIpc) is 2.91. The molecule has 1 heterocycles. The molecular formula is C33H40O10Si.